The molecule has 0 spiro atoms. The number of aromatic nitrogens is 2. The van der Waals surface area contributed by atoms with E-state index >= 15 is 0 Å². The fraction of sp³-hybridized carbons (Fsp3) is 0.824. The summed E-state index contributed by atoms with van der Waals surface area (Å²) in [6.45, 7) is 8.55. The van der Waals surface area contributed by atoms with E-state index in [4.69, 9.17) is 4.74 Å². The molecule has 4 nitrogen and oxygen atoms in total. The van der Waals surface area contributed by atoms with Gasteiger partial charge >= 0.3 is 0 Å². The first kappa shape index (κ1) is 15.0. The van der Waals surface area contributed by atoms with Gasteiger partial charge in [0.2, 0.25) is 0 Å². The third kappa shape index (κ3) is 3.16. The number of rotatable bonds is 7. The van der Waals surface area contributed by atoms with Gasteiger partial charge in [-0.3, -0.25) is 4.68 Å². The molecule has 2 bridgehead atoms. The molecule has 0 aliphatic carbocycles. The van der Waals surface area contributed by atoms with Crippen molar-refractivity contribution in [2.45, 2.75) is 77.7 Å². The molecule has 2 saturated heterocycles. The number of nitrogens with zero attached hydrogens (tertiary/aromatic N) is 2. The van der Waals surface area contributed by atoms with Crippen LogP contribution in [0, 0.1) is 12.8 Å². The van der Waals surface area contributed by atoms with Gasteiger partial charge in [-0.2, -0.15) is 5.10 Å². The summed E-state index contributed by atoms with van der Waals surface area (Å²) in [5.41, 5.74) is 2.50. The molecule has 3 rings (SSSR count). The molecule has 3 heterocycles. The fourth-order valence-corrected chi connectivity index (χ4v) is 4.07. The second kappa shape index (κ2) is 6.49. The van der Waals surface area contributed by atoms with Crippen molar-refractivity contribution in [1.82, 2.24) is 15.1 Å². The van der Waals surface area contributed by atoms with Crippen molar-refractivity contribution in [3.05, 3.63) is 17.5 Å². The van der Waals surface area contributed by atoms with E-state index in [0.717, 1.165) is 25.2 Å². The van der Waals surface area contributed by atoms with Crippen LogP contribution in [0.4, 0.5) is 0 Å². The molecule has 1 aromatic rings. The number of aryl methyl sites for hydroxylation is 2. The van der Waals surface area contributed by atoms with Gasteiger partial charge in [-0.1, -0.05) is 6.92 Å². The van der Waals surface area contributed by atoms with Gasteiger partial charge in [-0.05, 0) is 52.1 Å². The zero-order valence-electron chi connectivity index (χ0n) is 13.6. The highest BCUT2D eigenvalue weighted by atomic mass is 16.5. The maximum atomic E-state index is 6.08. The topological polar surface area (TPSA) is 39.1 Å². The lowest BCUT2D eigenvalue weighted by molar-refractivity contribution is 0.0855. The SMILES string of the molecule is CCCNC(Cc1cc(C)nn1CC)C1CC2CCC1O2. The lowest BCUT2D eigenvalue weighted by Crippen LogP contribution is -2.43. The van der Waals surface area contributed by atoms with Crippen LogP contribution in [-0.2, 0) is 17.7 Å². The lowest BCUT2D eigenvalue weighted by Gasteiger charge is -2.29. The number of fused-ring (bicyclic) bond motifs is 2. The van der Waals surface area contributed by atoms with E-state index < -0.39 is 0 Å². The first-order chi connectivity index (χ1) is 10.2. The minimum atomic E-state index is 0.489. The highest BCUT2D eigenvalue weighted by Crippen LogP contribution is 2.41. The molecule has 2 aliphatic rings. The first-order valence-electron chi connectivity index (χ1n) is 8.63. The number of ether oxygens (including phenoxy) is 1. The fourth-order valence-electron chi connectivity index (χ4n) is 4.07. The molecular weight excluding hydrogens is 262 g/mol. The van der Waals surface area contributed by atoms with Gasteiger partial charge in [0.1, 0.15) is 0 Å². The maximum absolute atomic E-state index is 6.08. The number of hydrogen-bond donors (Lipinski definition) is 1. The van der Waals surface area contributed by atoms with E-state index in [1.807, 2.05) is 0 Å². The molecule has 0 aromatic carbocycles. The molecule has 2 aliphatic heterocycles. The van der Waals surface area contributed by atoms with Gasteiger partial charge < -0.3 is 10.1 Å². The van der Waals surface area contributed by atoms with Crippen molar-refractivity contribution in [3.63, 3.8) is 0 Å². The van der Waals surface area contributed by atoms with Crippen LogP contribution >= 0.6 is 0 Å². The summed E-state index contributed by atoms with van der Waals surface area (Å²) in [6, 6.07) is 2.78. The van der Waals surface area contributed by atoms with Crippen molar-refractivity contribution >= 4 is 0 Å². The van der Waals surface area contributed by atoms with Crippen molar-refractivity contribution < 1.29 is 4.74 Å². The Kier molecular flexibility index (Phi) is 4.65. The minimum absolute atomic E-state index is 0.489. The third-order valence-corrected chi connectivity index (χ3v) is 5.04. The van der Waals surface area contributed by atoms with Crippen LogP contribution in [0.3, 0.4) is 0 Å². The Hall–Kier alpha value is -0.870. The maximum Gasteiger partial charge on any atom is 0.0623 e. The van der Waals surface area contributed by atoms with Gasteiger partial charge in [0, 0.05) is 30.6 Å². The zero-order chi connectivity index (χ0) is 14.8. The Morgan fingerprint density at radius 3 is 2.90 bits per heavy atom. The van der Waals surface area contributed by atoms with Crippen molar-refractivity contribution in [2.24, 2.45) is 5.92 Å². The molecule has 2 fully saturated rings. The zero-order valence-corrected chi connectivity index (χ0v) is 13.6. The molecule has 4 heteroatoms. The Morgan fingerprint density at radius 1 is 1.43 bits per heavy atom. The van der Waals surface area contributed by atoms with Crippen molar-refractivity contribution in [2.75, 3.05) is 6.54 Å². The molecule has 21 heavy (non-hydrogen) atoms. The molecule has 4 atom stereocenters. The van der Waals surface area contributed by atoms with E-state index in [2.05, 4.69) is 41.9 Å². The smallest absolute Gasteiger partial charge is 0.0623 e. The monoisotopic (exact) mass is 291 g/mol. The van der Waals surface area contributed by atoms with Gasteiger partial charge in [-0.25, -0.2) is 0 Å². The van der Waals surface area contributed by atoms with Gasteiger partial charge in [0.05, 0.1) is 17.9 Å². The standard InChI is InChI=1S/C17H29N3O/c1-4-8-18-16(15-11-14-6-7-17(15)21-14)10-13-9-12(3)19-20(13)5-2/h9,14-18H,4-8,10-11H2,1-3H3. The van der Waals surface area contributed by atoms with Gasteiger partial charge in [-0.15, -0.1) is 0 Å². The first-order valence-corrected chi connectivity index (χ1v) is 8.63. The normalized spacial score (nSPS) is 29.2. The van der Waals surface area contributed by atoms with E-state index in [1.54, 1.807) is 0 Å². The molecule has 118 valence electrons. The summed E-state index contributed by atoms with van der Waals surface area (Å²) in [7, 11) is 0. The van der Waals surface area contributed by atoms with Crippen molar-refractivity contribution in [3.8, 4) is 0 Å². The average Bonchev–Trinajstić information content (AvgIpc) is 3.18. The Balaban J connectivity index is 1.72. The quantitative estimate of drug-likeness (QED) is 0.839. The summed E-state index contributed by atoms with van der Waals surface area (Å²) >= 11 is 0. The molecule has 1 N–H and O–H groups in total. The summed E-state index contributed by atoms with van der Waals surface area (Å²) in [4.78, 5) is 0. The van der Waals surface area contributed by atoms with E-state index in [9.17, 15) is 0 Å². The van der Waals surface area contributed by atoms with Crippen molar-refractivity contribution in [1.29, 1.82) is 0 Å². The predicted molar refractivity (Wildman–Crippen MR) is 84.4 cm³/mol. The van der Waals surface area contributed by atoms with Crippen LogP contribution < -0.4 is 5.32 Å². The molecule has 0 radical (unpaired) electrons. The lowest BCUT2D eigenvalue weighted by atomic mass is 9.82. The number of hydrogen-bond acceptors (Lipinski definition) is 3. The predicted octanol–water partition coefficient (Wildman–Crippen LogP) is 2.69. The van der Waals surface area contributed by atoms with E-state index in [0.29, 0.717) is 24.2 Å². The molecule has 4 unspecified atom stereocenters. The largest absolute Gasteiger partial charge is 0.375 e. The summed E-state index contributed by atoms with van der Waals surface area (Å²) in [5.74, 6) is 0.677. The third-order valence-electron chi connectivity index (χ3n) is 5.04. The summed E-state index contributed by atoms with van der Waals surface area (Å²) in [6.07, 6.45) is 7.05. The van der Waals surface area contributed by atoms with Crippen LogP contribution in [0.1, 0.15) is 50.9 Å². The molecule has 0 saturated carbocycles. The highest BCUT2D eigenvalue weighted by Gasteiger charge is 2.44. The number of nitrogens with one attached hydrogen (secondary N) is 1. The van der Waals surface area contributed by atoms with Crippen LogP contribution in [0.5, 0.6) is 0 Å². The van der Waals surface area contributed by atoms with Gasteiger partial charge in [0.15, 0.2) is 0 Å². The average molecular weight is 291 g/mol. The molecule has 1 aromatic heterocycles. The van der Waals surface area contributed by atoms with Gasteiger partial charge in [0.25, 0.3) is 0 Å². The van der Waals surface area contributed by atoms with Crippen LogP contribution in [0.2, 0.25) is 0 Å². The van der Waals surface area contributed by atoms with E-state index in [-0.39, 0.29) is 0 Å². The summed E-state index contributed by atoms with van der Waals surface area (Å²) < 4.78 is 8.24. The van der Waals surface area contributed by atoms with Crippen LogP contribution in [0.15, 0.2) is 6.07 Å². The Morgan fingerprint density at radius 2 is 2.29 bits per heavy atom. The second-order valence-electron chi connectivity index (χ2n) is 6.63. The Bertz CT molecular complexity index is 471. The van der Waals surface area contributed by atoms with Crippen LogP contribution in [-0.4, -0.2) is 34.6 Å². The summed E-state index contributed by atoms with van der Waals surface area (Å²) in [5, 5.41) is 8.38. The second-order valence-corrected chi connectivity index (χ2v) is 6.63. The highest BCUT2D eigenvalue weighted by molar-refractivity contribution is 5.12. The van der Waals surface area contributed by atoms with E-state index in [1.165, 1.54) is 31.4 Å². The van der Waals surface area contributed by atoms with Crippen LogP contribution in [0.25, 0.3) is 0 Å². The molecule has 0 amide bonds. The Labute approximate surface area is 128 Å². The minimum Gasteiger partial charge on any atom is -0.375 e. The molecular formula is C17H29N3O.